The van der Waals surface area contributed by atoms with Gasteiger partial charge < -0.3 is 9.47 Å². The molecule has 2 aromatic heterocycles. The lowest BCUT2D eigenvalue weighted by Gasteiger charge is -2.28. The number of anilines is 2. The largest absolute Gasteiger partial charge is 0.443 e. The molecule has 2 aromatic carbocycles. The summed E-state index contributed by atoms with van der Waals surface area (Å²) in [5, 5.41) is 0. The van der Waals surface area contributed by atoms with Crippen LogP contribution in [0.4, 0.5) is 21.0 Å². The number of benzene rings is 2. The van der Waals surface area contributed by atoms with Crippen molar-refractivity contribution in [1.29, 1.82) is 0 Å². The zero-order chi connectivity index (χ0) is 33.3. The summed E-state index contributed by atoms with van der Waals surface area (Å²) in [5.74, 6) is -1.18. The molecule has 0 unspecified atom stereocenters. The Kier molecular flexibility index (Phi) is 8.15. The van der Waals surface area contributed by atoms with Gasteiger partial charge in [0.15, 0.2) is 0 Å². The topological polar surface area (TPSA) is 93.2 Å². The molecule has 0 aliphatic carbocycles. The molecule has 0 saturated heterocycles. The third-order valence-corrected chi connectivity index (χ3v) is 10.3. The Hall–Kier alpha value is -3.58. The quantitative estimate of drug-likeness (QED) is 0.188. The summed E-state index contributed by atoms with van der Waals surface area (Å²) in [6.45, 7) is 10.3. The molecule has 2 amide bonds. The number of amides is 2. The molecule has 12 heteroatoms. The summed E-state index contributed by atoms with van der Waals surface area (Å²) in [5.41, 5.74) is 0.0229. The number of rotatable bonds is 2. The molecule has 0 fully saturated rings. The molecule has 236 valence electrons. The molecule has 0 N–H and O–H groups in total. The van der Waals surface area contributed by atoms with Crippen LogP contribution in [0.25, 0.3) is 20.9 Å². The minimum absolute atomic E-state index is 0.199. The van der Waals surface area contributed by atoms with Crippen molar-refractivity contribution < 1.29 is 28.7 Å². The van der Waals surface area contributed by atoms with Crippen LogP contribution in [0.1, 0.15) is 62.3 Å². The highest BCUT2D eigenvalue weighted by molar-refractivity contribution is 9.11. The maximum Gasteiger partial charge on any atom is 0.419 e. The van der Waals surface area contributed by atoms with Crippen LogP contribution < -0.4 is 9.80 Å². The van der Waals surface area contributed by atoms with Crippen molar-refractivity contribution in [3.63, 3.8) is 0 Å². The van der Waals surface area contributed by atoms with Gasteiger partial charge in [0.25, 0.3) is 0 Å². The van der Waals surface area contributed by atoms with E-state index in [1.54, 1.807) is 77.9 Å². The normalized spacial score (nSPS) is 16.2. The molecule has 0 bridgehead atoms. The molecule has 0 saturated carbocycles. The Morgan fingerprint density at radius 3 is 1.28 bits per heavy atom. The number of halogens is 2. The molecule has 4 heterocycles. The Labute approximate surface area is 290 Å². The second kappa shape index (κ2) is 11.6. The molecule has 0 atom stereocenters. The van der Waals surface area contributed by atoms with Crippen LogP contribution in [0.3, 0.4) is 0 Å². The lowest BCUT2D eigenvalue weighted by Crippen LogP contribution is -2.40. The number of nitrogens with zero attached hydrogens (tertiary/aromatic N) is 2. The number of ketones is 2. The van der Waals surface area contributed by atoms with E-state index in [0.29, 0.717) is 0 Å². The van der Waals surface area contributed by atoms with Crippen LogP contribution in [0.5, 0.6) is 0 Å². The molecule has 0 spiro atoms. The van der Waals surface area contributed by atoms with Gasteiger partial charge in [-0.15, -0.1) is 22.7 Å². The monoisotopic (exact) mass is 782 g/mol. The van der Waals surface area contributed by atoms with Gasteiger partial charge in [-0.25, -0.2) is 19.4 Å². The van der Waals surface area contributed by atoms with Crippen LogP contribution in [-0.2, 0) is 9.47 Å². The molecule has 8 nitrogen and oxygen atoms in total. The van der Waals surface area contributed by atoms with Gasteiger partial charge in [-0.1, -0.05) is 12.1 Å². The van der Waals surface area contributed by atoms with E-state index in [1.807, 2.05) is 24.3 Å². The maximum absolute atomic E-state index is 14.3. The first kappa shape index (κ1) is 32.4. The average molecular weight is 785 g/mol. The van der Waals surface area contributed by atoms with E-state index >= 15 is 0 Å². The Bertz CT molecular complexity index is 1850. The fourth-order valence-corrected chi connectivity index (χ4v) is 7.95. The number of thiophene rings is 2. The molecule has 46 heavy (non-hydrogen) atoms. The molecule has 2 aliphatic rings. The standard InChI is InChI=1S/C34H28Br2N2O6S2/c1-33(2,3)43-31(41)37-21-15-17(23-11-13-25(35)45-23)7-9-19(21)29(39)27(37)28-30(40)20-10-8-18(24-12-14-26(36)46-24)16-22(20)38(28)32(42)44-34(4,5)6/h7-16H,1-6H3/b28-27+. The van der Waals surface area contributed by atoms with Crippen LogP contribution in [-0.4, -0.2) is 35.0 Å². The SMILES string of the molecule is CC(C)(C)OC(=O)N1/C(=C2\C(=O)c3ccc(-c4ccc(Br)s4)cc3N2C(=O)OC(C)(C)C)C(=O)c2ccc(-c3ccc(Br)s3)cc21. The van der Waals surface area contributed by atoms with Crippen molar-refractivity contribution in [3.05, 3.63) is 90.8 Å². The number of carbonyl (C=O) groups is 4. The van der Waals surface area contributed by atoms with Gasteiger partial charge >= 0.3 is 12.2 Å². The van der Waals surface area contributed by atoms with E-state index in [-0.39, 0.29) is 33.9 Å². The van der Waals surface area contributed by atoms with Crippen molar-refractivity contribution in [2.24, 2.45) is 0 Å². The van der Waals surface area contributed by atoms with E-state index in [0.717, 1.165) is 38.3 Å². The summed E-state index contributed by atoms with van der Waals surface area (Å²) in [4.78, 5) is 60.6. The van der Waals surface area contributed by atoms with Crippen LogP contribution >= 0.6 is 54.5 Å². The molecule has 2 aliphatic heterocycles. The van der Waals surface area contributed by atoms with Crippen molar-refractivity contribution in [2.45, 2.75) is 52.7 Å². The Morgan fingerprint density at radius 2 is 0.978 bits per heavy atom. The Balaban J connectivity index is 1.59. The van der Waals surface area contributed by atoms with Gasteiger partial charge in [0.1, 0.15) is 22.6 Å². The number of hydrogen-bond donors (Lipinski definition) is 0. The first-order valence-electron chi connectivity index (χ1n) is 14.2. The number of fused-ring (bicyclic) bond motifs is 2. The summed E-state index contributed by atoms with van der Waals surface area (Å²) in [6.07, 6.45) is -1.72. The van der Waals surface area contributed by atoms with E-state index < -0.39 is 35.0 Å². The highest BCUT2D eigenvalue weighted by Crippen LogP contribution is 2.47. The van der Waals surface area contributed by atoms with E-state index in [9.17, 15) is 19.2 Å². The van der Waals surface area contributed by atoms with Crippen LogP contribution in [0, 0.1) is 0 Å². The van der Waals surface area contributed by atoms with Crippen molar-refractivity contribution >= 4 is 89.7 Å². The predicted molar refractivity (Wildman–Crippen MR) is 188 cm³/mol. The third-order valence-electron chi connectivity index (χ3n) is 6.94. The van der Waals surface area contributed by atoms with E-state index in [1.165, 1.54) is 22.7 Å². The second-order valence-electron chi connectivity index (χ2n) is 12.7. The van der Waals surface area contributed by atoms with Crippen LogP contribution in [0.2, 0.25) is 0 Å². The van der Waals surface area contributed by atoms with E-state index in [4.69, 9.17) is 9.47 Å². The van der Waals surface area contributed by atoms with E-state index in [2.05, 4.69) is 31.9 Å². The average Bonchev–Trinajstić information content (AvgIpc) is 3.71. The first-order chi connectivity index (χ1) is 21.5. The number of ether oxygens (including phenoxy) is 2. The van der Waals surface area contributed by atoms with Gasteiger partial charge in [-0.05, 0) is 133 Å². The maximum atomic E-state index is 14.3. The summed E-state index contributed by atoms with van der Waals surface area (Å²) in [7, 11) is 0. The third kappa shape index (κ3) is 5.99. The number of hydrogen-bond acceptors (Lipinski definition) is 8. The minimum Gasteiger partial charge on any atom is -0.443 e. The highest BCUT2D eigenvalue weighted by atomic mass is 79.9. The summed E-state index contributed by atoms with van der Waals surface area (Å²) >= 11 is 9.97. The number of carbonyl (C=O) groups excluding carboxylic acids is 4. The van der Waals surface area contributed by atoms with Gasteiger partial charge in [-0.2, -0.15) is 0 Å². The molecule has 0 radical (unpaired) electrons. The van der Waals surface area contributed by atoms with Crippen molar-refractivity contribution in [1.82, 2.24) is 0 Å². The highest BCUT2D eigenvalue weighted by Gasteiger charge is 2.49. The molecular weight excluding hydrogens is 756 g/mol. The summed E-state index contributed by atoms with van der Waals surface area (Å²) in [6, 6.07) is 18.0. The lowest BCUT2D eigenvalue weighted by atomic mass is 10.0. The Morgan fingerprint density at radius 1 is 0.609 bits per heavy atom. The minimum atomic E-state index is -0.924. The van der Waals surface area contributed by atoms with Gasteiger partial charge in [-0.3, -0.25) is 9.59 Å². The molecular formula is C34H28Br2N2O6S2. The molecule has 4 aromatic rings. The molecule has 6 rings (SSSR count). The summed E-state index contributed by atoms with van der Waals surface area (Å²) < 4.78 is 13.4. The van der Waals surface area contributed by atoms with Crippen molar-refractivity contribution in [3.8, 4) is 20.9 Å². The first-order valence-corrected chi connectivity index (χ1v) is 17.4. The van der Waals surface area contributed by atoms with Gasteiger partial charge in [0, 0.05) is 20.9 Å². The van der Waals surface area contributed by atoms with Crippen molar-refractivity contribution in [2.75, 3.05) is 9.80 Å². The smallest absolute Gasteiger partial charge is 0.419 e. The zero-order valence-electron chi connectivity index (χ0n) is 25.7. The zero-order valence-corrected chi connectivity index (χ0v) is 30.5. The van der Waals surface area contributed by atoms with Gasteiger partial charge in [0.05, 0.1) is 18.9 Å². The fraction of sp³-hybridized carbons (Fsp3) is 0.235. The number of Topliss-reactive ketones (excluding diaryl/α,β-unsaturated/α-hetero) is 2. The van der Waals surface area contributed by atoms with Crippen LogP contribution in [0.15, 0.2) is 79.6 Å². The lowest BCUT2D eigenvalue weighted by molar-refractivity contribution is 0.0571. The fourth-order valence-electron chi connectivity index (χ4n) is 5.18. The number of allylic oxidation sites excluding steroid dienone is 2. The van der Waals surface area contributed by atoms with Gasteiger partial charge in [0.2, 0.25) is 11.6 Å². The predicted octanol–water partition coefficient (Wildman–Crippen LogP) is 10.5. The second-order valence-corrected chi connectivity index (χ2v) is 17.6.